The molecule has 3 N–H and O–H groups in total. The summed E-state index contributed by atoms with van der Waals surface area (Å²) in [6.45, 7) is 6.99. The Bertz CT molecular complexity index is 335. The molecule has 0 bridgehead atoms. The number of nitrogens with two attached hydrogens (primary N) is 1. The number of hydrogen-bond acceptors (Lipinski definition) is 4. The first-order valence-electron chi connectivity index (χ1n) is 5.31. The fraction of sp³-hybridized carbons (Fsp3) is 0.545. The first-order valence-corrected chi connectivity index (χ1v) is 6.19. The van der Waals surface area contributed by atoms with Crippen LogP contribution in [0.1, 0.15) is 25.6 Å². The van der Waals surface area contributed by atoms with E-state index in [2.05, 4.69) is 35.3 Å². The Morgan fingerprint density at radius 3 is 2.69 bits per heavy atom. The van der Waals surface area contributed by atoms with Crippen molar-refractivity contribution in [3.05, 3.63) is 22.4 Å². The van der Waals surface area contributed by atoms with E-state index >= 15 is 0 Å². The monoisotopic (exact) mass is 241 g/mol. The van der Waals surface area contributed by atoms with Crippen LogP contribution in [0.3, 0.4) is 0 Å². The van der Waals surface area contributed by atoms with E-state index in [0.717, 1.165) is 6.54 Å². The molecule has 1 heterocycles. The van der Waals surface area contributed by atoms with Gasteiger partial charge in [-0.3, -0.25) is 4.90 Å². The lowest BCUT2D eigenvalue weighted by molar-refractivity contribution is 0.190. The van der Waals surface area contributed by atoms with Crippen LogP contribution in [0.5, 0.6) is 0 Å². The lowest BCUT2D eigenvalue weighted by Gasteiger charge is -2.31. The van der Waals surface area contributed by atoms with Gasteiger partial charge in [0.25, 0.3) is 0 Å². The van der Waals surface area contributed by atoms with Crippen molar-refractivity contribution in [1.29, 1.82) is 0 Å². The zero-order valence-electron chi connectivity index (χ0n) is 9.92. The van der Waals surface area contributed by atoms with Crippen LogP contribution < -0.4 is 5.73 Å². The first kappa shape index (κ1) is 13.0. The highest BCUT2D eigenvalue weighted by Crippen LogP contribution is 2.16. The molecule has 0 saturated heterocycles. The molecular weight excluding hydrogens is 222 g/mol. The third-order valence-corrected chi connectivity index (χ3v) is 3.48. The van der Waals surface area contributed by atoms with Crippen molar-refractivity contribution < 1.29 is 5.21 Å². The molecule has 0 aromatic carbocycles. The number of rotatable bonds is 5. The summed E-state index contributed by atoms with van der Waals surface area (Å²) in [7, 11) is 0. The van der Waals surface area contributed by atoms with Crippen molar-refractivity contribution in [1.82, 2.24) is 4.90 Å². The Morgan fingerprint density at radius 1 is 1.56 bits per heavy atom. The minimum atomic E-state index is -0.0629. The molecule has 0 fully saturated rings. The maximum atomic E-state index is 8.70. The van der Waals surface area contributed by atoms with Crippen LogP contribution in [-0.4, -0.2) is 28.0 Å². The van der Waals surface area contributed by atoms with Gasteiger partial charge < -0.3 is 10.9 Å². The van der Waals surface area contributed by atoms with E-state index in [0.29, 0.717) is 6.04 Å². The predicted molar refractivity (Wildman–Crippen MR) is 67.9 cm³/mol. The van der Waals surface area contributed by atoms with Crippen LogP contribution in [0.15, 0.2) is 22.7 Å². The number of thiophene rings is 1. The standard InChI is InChI=1S/C11H19N3OS/c1-8(2)14(9(3)11(12)13-15)7-10-5-4-6-16-10/h4-6,8-9,15H,7H2,1-3H3,(H2,12,13). The van der Waals surface area contributed by atoms with Crippen molar-refractivity contribution in [2.24, 2.45) is 10.9 Å². The van der Waals surface area contributed by atoms with Crippen molar-refractivity contribution in [2.45, 2.75) is 39.4 Å². The molecule has 16 heavy (non-hydrogen) atoms. The van der Waals surface area contributed by atoms with Crippen LogP contribution >= 0.6 is 11.3 Å². The third kappa shape index (κ3) is 3.21. The molecule has 0 amide bonds. The van der Waals surface area contributed by atoms with Gasteiger partial charge in [-0.05, 0) is 32.2 Å². The van der Waals surface area contributed by atoms with E-state index in [1.165, 1.54) is 4.88 Å². The highest BCUT2D eigenvalue weighted by Gasteiger charge is 2.21. The highest BCUT2D eigenvalue weighted by molar-refractivity contribution is 7.09. The Morgan fingerprint density at radius 2 is 2.25 bits per heavy atom. The molecule has 1 unspecified atom stereocenters. The molecule has 0 spiro atoms. The summed E-state index contributed by atoms with van der Waals surface area (Å²) in [6, 6.07) is 4.41. The summed E-state index contributed by atoms with van der Waals surface area (Å²) >= 11 is 1.72. The van der Waals surface area contributed by atoms with Crippen molar-refractivity contribution in [2.75, 3.05) is 0 Å². The molecule has 0 saturated carbocycles. The summed E-state index contributed by atoms with van der Waals surface area (Å²) in [5.74, 6) is 0.255. The number of nitrogens with zero attached hydrogens (tertiary/aromatic N) is 2. The van der Waals surface area contributed by atoms with Crippen molar-refractivity contribution in [3.63, 3.8) is 0 Å². The van der Waals surface area contributed by atoms with Crippen molar-refractivity contribution >= 4 is 17.2 Å². The zero-order valence-corrected chi connectivity index (χ0v) is 10.7. The molecule has 5 heteroatoms. The summed E-state index contributed by atoms with van der Waals surface area (Å²) in [4.78, 5) is 3.48. The SMILES string of the molecule is CC(C)N(Cc1cccs1)C(C)C(N)=NO. The van der Waals surface area contributed by atoms with Gasteiger partial charge in [-0.15, -0.1) is 11.3 Å². The fourth-order valence-electron chi connectivity index (χ4n) is 1.60. The summed E-state index contributed by atoms with van der Waals surface area (Å²) < 4.78 is 0. The quantitative estimate of drug-likeness (QED) is 0.359. The molecule has 90 valence electrons. The Balaban J connectivity index is 2.75. The molecule has 1 aromatic heterocycles. The Kier molecular flexibility index (Phi) is 4.76. The largest absolute Gasteiger partial charge is 0.409 e. The molecule has 0 aliphatic rings. The molecule has 0 radical (unpaired) electrons. The maximum absolute atomic E-state index is 8.70. The normalized spacial score (nSPS) is 14.7. The van der Waals surface area contributed by atoms with Gasteiger partial charge in [0, 0.05) is 17.5 Å². The maximum Gasteiger partial charge on any atom is 0.156 e. The topological polar surface area (TPSA) is 61.8 Å². The van der Waals surface area contributed by atoms with E-state index in [4.69, 9.17) is 10.9 Å². The molecular formula is C11H19N3OS. The van der Waals surface area contributed by atoms with Gasteiger partial charge in [-0.25, -0.2) is 0 Å². The predicted octanol–water partition coefficient (Wildman–Crippen LogP) is 2.09. The van der Waals surface area contributed by atoms with E-state index in [1.54, 1.807) is 11.3 Å². The van der Waals surface area contributed by atoms with E-state index in [-0.39, 0.29) is 11.9 Å². The van der Waals surface area contributed by atoms with E-state index in [1.807, 2.05) is 13.0 Å². The second-order valence-electron chi connectivity index (χ2n) is 4.05. The lowest BCUT2D eigenvalue weighted by Crippen LogP contribution is -2.45. The second-order valence-corrected chi connectivity index (χ2v) is 5.08. The highest BCUT2D eigenvalue weighted by atomic mass is 32.1. The molecule has 1 atom stereocenters. The molecule has 1 aromatic rings. The smallest absolute Gasteiger partial charge is 0.156 e. The number of oxime groups is 1. The van der Waals surface area contributed by atoms with Gasteiger partial charge in [0.1, 0.15) is 0 Å². The van der Waals surface area contributed by atoms with Crippen LogP contribution in [0.4, 0.5) is 0 Å². The van der Waals surface area contributed by atoms with Gasteiger partial charge in [-0.2, -0.15) is 0 Å². The molecule has 0 aliphatic heterocycles. The van der Waals surface area contributed by atoms with Gasteiger partial charge in [0.05, 0.1) is 6.04 Å². The van der Waals surface area contributed by atoms with E-state index in [9.17, 15) is 0 Å². The number of hydrogen-bond donors (Lipinski definition) is 2. The average Bonchev–Trinajstić information content (AvgIpc) is 2.76. The Hall–Kier alpha value is -1.07. The third-order valence-electron chi connectivity index (χ3n) is 2.62. The summed E-state index contributed by atoms with van der Waals surface area (Å²) in [5.41, 5.74) is 5.65. The average molecular weight is 241 g/mol. The zero-order chi connectivity index (χ0) is 12.1. The first-order chi connectivity index (χ1) is 7.56. The number of amidine groups is 1. The summed E-state index contributed by atoms with van der Waals surface area (Å²) in [5, 5.41) is 13.8. The van der Waals surface area contributed by atoms with Gasteiger partial charge in [0.15, 0.2) is 5.84 Å². The molecule has 0 aliphatic carbocycles. The minimum absolute atomic E-state index is 0.0629. The van der Waals surface area contributed by atoms with Crippen LogP contribution in [0.25, 0.3) is 0 Å². The van der Waals surface area contributed by atoms with Gasteiger partial charge >= 0.3 is 0 Å². The second kappa shape index (κ2) is 5.86. The Labute approximate surface area is 100 Å². The van der Waals surface area contributed by atoms with Crippen molar-refractivity contribution in [3.8, 4) is 0 Å². The molecule has 1 rings (SSSR count). The fourth-order valence-corrected chi connectivity index (χ4v) is 2.32. The van der Waals surface area contributed by atoms with Gasteiger partial charge in [-0.1, -0.05) is 11.2 Å². The van der Waals surface area contributed by atoms with Crippen LogP contribution in [0.2, 0.25) is 0 Å². The van der Waals surface area contributed by atoms with Crippen LogP contribution in [-0.2, 0) is 6.54 Å². The molecule has 4 nitrogen and oxygen atoms in total. The van der Waals surface area contributed by atoms with E-state index < -0.39 is 0 Å². The summed E-state index contributed by atoms with van der Waals surface area (Å²) in [6.07, 6.45) is 0. The lowest BCUT2D eigenvalue weighted by atomic mass is 10.2. The minimum Gasteiger partial charge on any atom is -0.409 e. The van der Waals surface area contributed by atoms with Crippen LogP contribution in [0, 0.1) is 0 Å². The van der Waals surface area contributed by atoms with Gasteiger partial charge in [0.2, 0.25) is 0 Å².